The Hall–Kier alpha value is -1.28. The minimum absolute atomic E-state index is 0.0127. The first kappa shape index (κ1) is 18.7. The smallest absolute Gasteiger partial charge is 0.257 e. The number of carbonyl (C=O) groups is 1. The van der Waals surface area contributed by atoms with Gasteiger partial charge in [0.05, 0.1) is 16.8 Å². The van der Waals surface area contributed by atoms with Gasteiger partial charge in [0, 0.05) is 33.8 Å². The molecule has 1 aliphatic heterocycles. The average molecular weight is 417 g/mol. The first-order valence-electron chi connectivity index (χ1n) is 10.4. The van der Waals surface area contributed by atoms with Gasteiger partial charge in [-0.2, -0.15) is 0 Å². The van der Waals surface area contributed by atoms with Crippen LogP contribution < -0.4 is 10.6 Å². The van der Waals surface area contributed by atoms with Crippen molar-refractivity contribution in [2.45, 2.75) is 70.0 Å². The van der Waals surface area contributed by atoms with Crippen molar-refractivity contribution in [2.75, 3.05) is 18.4 Å². The van der Waals surface area contributed by atoms with Gasteiger partial charge in [0.15, 0.2) is 0 Å². The van der Waals surface area contributed by atoms with Crippen LogP contribution in [-0.2, 0) is 0 Å². The number of hydrogen-bond donors (Lipinski definition) is 2. The van der Waals surface area contributed by atoms with Crippen molar-refractivity contribution in [3.8, 4) is 0 Å². The number of carbonyl (C=O) groups excluding carboxylic acids is 1. The van der Waals surface area contributed by atoms with E-state index in [4.69, 9.17) is 0 Å². The Morgan fingerprint density at radius 1 is 1.18 bits per heavy atom. The van der Waals surface area contributed by atoms with Gasteiger partial charge in [0.2, 0.25) is 0 Å². The van der Waals surface area contributed by atoms with Gasteiger partial charge in [-0.15, -0.1) is 22.7 Å². The van der Waals surface area contributed by atoms with Crippen LogP contribution in [-0.4, -0.2) is 47.0 Å². The number of anilines is 1. The predicted molar refractivity (Wildman–Crippen MR) is 116 cm³/mol. The van der Waals surface area contributed by atoms with E-state index in [1.54, 1.807) is 17.5 Å². The summed E-state index contributed by atoms with van der Waals surface area (Å²) >= 11 is 3.30. The van der Waals surface area contributed by atoms with Crippen LogP contribution in [0, 0.1) is 13.8 Å². The number of nitrogens with zero attached hydrogens (tertiary/aromatic N) is 2. The Bertz CT molecular complexity index is 864. The highest BCUT2D eigenvalue weighted by Gasteiger charge is 2.42. The zero-order valence-electron chi connectivity index (χ0n) is 16.5. The Labute approximate surface area is 174 Å². The molecule has 2 atom stereocenters. The van der Waals surface area contributed by atoms with Gasteiger partial charge in [0.1, 0.15) is 5.00 Å². The van der Waals surface area contributed by atoms with Crippen LogP contribution in [0.4, 0.5) is 5.00 Å². The molecule has 2 aromatic rings. The van der Waals surface area contributed by atoms with Crippen molar-refractivity contribution < 1.29 is 4.79 Å². The molecule has 3 heterocycles. The van der Waals surface area contributed by atoms with Gasteiger partial charge in [0.25, 0.3) is 5.91 Å². The fourth-order valence-corrected chi connectivity index (χ4v) is 6.26. The van der Waals surface area contributed by atoms with Crippen LogP contribution >= 0.6 is 22.7 Å². The molecule has 2 aromatic heterocycles. The maximum atomic E-state index is 12.6. The molecular formula is C21H28N4OS2. The van der Waals surface area contributed by atoms with Crippen LogP contribution in [0.5, 0.6) is 0 Å². The maximum Gasteiger partial charge on any atom is 0.257 e. The van der Waals surface area contributed by atoms with Crippen molar-refractivity contribution in [3.63, 3.8) is 0 Å². The highest BCUT2D eigenvalue weighted by molar-refractivity contribution is 7.15. The van der Waals surface area contributed by atoms with E-state index in [1.165, 1.54) is 61.4 Å². The quantitative estimate of drug-likeness (QED) is 0.743. The van der Waals surface area contributed by atoms with Crippen molar-refractivity contribution in [1.29, 1.82) is 0 Å². The Morgan fingerprint density at radius 3 is 2.64 bits per heavy atom. The lowest BCUT2D eigenvalue weighted by atomic mass is 10.0. The largest absolute Gasteiger partial charge is 0.312 e. The second kappa shape index (κ2) is 7.52. The summed E-state index contributed by atoms with van der Waals surface area (Å²) in [5.74, 6) is 0.568. The SMILES string of the molecule is Cc1ncc(NC(=O)c2cc(C3CC3NC3CCN(C4CC4)CC3)sc2C)s1. The van der Waals surface area contributed by atoms with Gasteiger partial charge in [-0.05, 0) is 65.1 Å². The second-order valence-electron chi connectivity index (χ2n) is 8.47. The molecule has 1 saturated heterocycles. The molecule has 0 bridgehead atoms. The molecule has 3 fully saturated rings. The number of thiophene rings is 1. The summed E-state index contributed by atoms with van der Waals surface area (Å²) in [5, 5.41) is 8.67. The molecule has 3 aliphatic rings. The molecule has 150 valence electrons. The minimum atomic E-state index is -0.0127. The van der Waals surface area contributed by atoms with E-state index < -0.39 is 0 Å². The summed E-state index contributed by atoms with van der Waals surface area (Å²) in [6, 6.07) is 4.28. The summed E-state index contributed by atoms with van der Waals surface area (Å²) in [7, 11) is 0. The predicted octanol–water partition coefficient (Wildman–Crippen LogP) is 4.15. The summed E-state index contributed by atoms with van der Waals surface area (Å²) in [6.45, 7) is 6.53. The molecule has 5 nitrogen and oxygen atoms in total. The summed E-state index contributed by atoms with van der Waals surface area (Å²) in [4.78, 5) is 22.0. The van der Waals surface area contributed by atoms with Crippen molar-refractivity contribution in [3.05, 3.63) is 32.6 Å². The van der Waals surface area contributed by atoms with Crippen molar-refractivity contribution >= 4 is 33.6 Å². The number of piperidine rings is 1. The highest BCUT2D eigenvalue weighted by Crippen LogP contribution is 2.45. The lowest BCUT2D eigenvalue weighted by Crippen LogP contribution is -2.44. The number of rotatable bonds is 6. The second-order valence-corrected chi connectivity index (χ2v) is 11.0. The first-order chi connectivity index (χ1) is 13.6. The lowest BCUT2D eigenvalue weighted by Gasteiger charge is -2.32. The molecule has 1 amide bonds. The van der Waals surface area contributed by atoms with Gasteiger partial charge in [-0.25, -0.2) is 4.98 Å². The van der Waals surface area contributed by atoms with Crippen molar-refractivity contribution in [1.82, 2.24) is 15.2 Å². The average Bonchev–Trinajstić information content (AvgIpc) is 3.58. The Kier molecular flexibility index (Phi) is 5.03. The third-order valence-corrected chi connectivity index (χ3v) is 8.25. The molecule has 0 radical (unpaired) electrons. The molecule has 7 heteroatoms. The Balaban J connectivity index is 1.15. The monoisotopic (exact) mass is 416 g/mol. The topological polar surface area (TPSA) is 57.3 Å². The van der Waals surface area contributed by atoms with E-state index in [1.807, 2.05) is 6.92 Å². The summed E-state index contributed by atoms with van der Waals surface area (Å²) in [5.41, 5.74) is 0.814. The molecule has 5 rings (SSSR count). The van der Waals surface area contributed by atoms with Gasteiger partial charge in [-0.3, -0.25) is 4.79 Å². The molecular weight excluding hydrogens is 388 g/mol. The first-order valence-corrected chi connectivity index (χ1v) is 12.0. The summed E-state index contributed by atoms with van der Waals surface area (Å²) in [6.07, 6.45) is 8.34. The number of aromatic nitrogens is 1. The van der Waals surface area contributed by atoms with Crippen LogP contribution in [0.3, 0.4) is 0 Å². The van der Waals surface area contributed by atoms with E-state index in [9.17, 15) is 4.79 Å². The van der Waals surface area contributed by atoms with E-state index in [-0.39, 0.29) is 5.91 Å². The number of nitrogens with one attached hydrogen (secondary N) is 2. The van der Waals surface area contributed by atoms with Crippen LogP contribution in [0.15, 0.2) is 12.3 Å². The van der Waals surface area contributed by atoms with Crippen LogP contribution in [0.2, 0.25) is 0 Å². The van der Waals surface area contributed by atoms with Gasteiger partial charge < -0.3 is 15.5 Å². The Morgan fingerprint density at radius 2 is 1.96 bits per heavy atom. The maximum absolute atomic E-state index is 12.6. The third-order valence-electron chi connectivity index (χ3n) is 6.24. The standard InChI is InChI=1S/C21H28N4OS2/c1-12-16(21(26)24-20-11-22-13(2)28-20)10-19(27-12)17-9-18(17)23-14-5-7-25(8-6-14)15-3-4-15/h10-11,14-15,17-18,23H,3-9H2,1-2H3,(H,24,26). The lowest BCUT2D eigenvalue weighted by molar-refractivity contribution is 0.102. The fraction of sp³-hybridized carbons (Fsp3) is 0.619. The van der Waals surface area contributed by atoms with E-state index in [0.29, 0.717) is 18.0 Å². The fourth-order valence-electron chi connectivity index (χ4n) is 4.38. The minimum Gasteiger partial charge on any atom is -0.312 e. The molecule has 28 heavy (non-hydrogen) atoms. The molecule has 2 aliphatic carbocycles. The number of amides is 1. The van der Waals surface area contributed by atoms with Gasteiger partial charge in [-0.1, -0.05) is 0 Å². The molecule has 2 unspecified atom stereocenters. The van der Waals surface area contributed by atoms with E-state index in [2.05, 4.69) is 33.5 Å². The normalized spacial score (nSPS) is 25.8. The number of thiazole rings is 1. The van der Waals surface area contributed by atoms with E-state index in [0.717, 1.165) is 26.5 Å². The zero-order valence-corrected chi connectivity index (χ0v) is 18.2. The molecule has 0 spiro atoms. The van der Waals surface area contributed by atoms with Crippen LogP contribution in [0.1, 0.15) is 63.1 Å². The van der Waals surface area contributed by atoms with E-state index >= 15 is 0 Å². The zero-order chi connectivity index (χ0) is 19.3. The van der Waals surface area contributed by atoms with Gasteiger partial charge >= 0.3 is 0 Å². The third kappa shape index (κ3) is 4.03. The number of hydrogen-bond acceptors (Lipinski definition) is 6. The molecule has 2 saturated carbocycles. The highest BCUT2D eigenvalue weighted by atomic mass is 32.1. The number of likely N-dealkylation sites (tertiary alicyclic amines) is 1. The number of aryl methyl sites for hydroxylation is 2. The molecule has 0 aromatic carbocycles. The summed E-state index contributed by atoms with van der Waals surface area (Å²) < 4.78 is 0. The van der Waals surface area contributed by atoms with Crippen LogP contribution in [0.25, 0.3) is 0 Å². The van der Waals surface area contributed by atoms with Crippen molar-refractivity contribution in [2.24, 2.45) is 0 Å². The molecule has 2 N–H and O–H groups in total.